The molecule has 0 radical (unpaired) electrons. The van der Waals surface area contributed by atoms with Crippen molar-refractivity contribution in [1.29, 1.82) is 0 Å². The van der Waals surface area contributed by atoms with Crippen molar-refractivity contribution in [2.45, 2.75) is 32.7 Å². The predicted molar refractivity (Wildman–Crippen MR) is 75.5 cm³/mol. The van der Waals surface area contributed by atoms with Gasteiger partial charge in [-0.05, 0) is 26.7 Å². The molecule has 1 aliphatic heterocycles. The third kappa shape index (κ3) is 3.19. The van der Waals surface area contributed by atoms with Crippen LogP contribution in [0.25, 0.3) is 0 Å². The fourth-order valence-electron chi connectivity index (χ4n) is 2.07. The zero-order valence-corrected chi connectivity index (χ0v) is 11.7. The van der Waals surface area contributed by atoms with Crippen LogP contribution in [0.2, 0.25) is 0 Å². The van der Waals surface area contributed by atoms with E-state index in [1.165, 1.54) is 0 Å². The zero-order chi connectivity index (χ0) is 13.0. The summed E-state index contributed by atoms with van der Waals surface area (Å²) in [6.45, 7) is 4.91. The summed E-state index contributed by atoms with van der Waals surface area (Å²) in [4.78, 5) is 8.52. The fraction of sp³-hybridized carbons (Fsp3) is 0.667. The molecule has 2 N–H and O–H groups in total. The standard InChI is InChI=1S/C12H20N4OS/c1-3-13-11-9(2)12(15-8-14-11)16-10-4-6-18(17)7-5-10/h8,10H,3-7H2,1-2H3,(H2,13,14,15,16). The molecule has 100 valence electrons. The normalized spacial score (nSPS) is 23.7. The van der Waals surface area contributed by atoms with E-state index >= 15 is 0 Å². The van der Waals surface area contributed by atoms with Crippen LogP contribution in [0.1, 0.15) is 25.3 Å². The number of aromatic nitrogens is 2. The summed E-state index contributed by atoms with van der Waals surface area (Å²) >= 11 is 0. The van der Waals surface area contributed by atoms with E-state index in [1.807, 2.05) is 13.8 Å². The van der Waals surface area contributed by atoms with Gasteiger partial charge in [-0.15, -0.1) is 0 Å². The van der Waals surface area contributed by atoms with Crippen molar-refractivity contribution in [2.24, 2.45) is 0 Å². The Bertz CT molecular complexity index is 428. The maximum atomic E-state index is 11.3. The van der Waals surface area contributed by atoms with Gasteiger partial charge in [0, 0.05) is 40.5 Å². The van der Waals surface area contributed by atoms with Crippen LogP contribution < -0.4 is 10.6 Å². The van der Waals surface area contributed by atoms with E-state index in [1.54, 1.807) is 6.33 Å². The summed E-state index contributed by atoms with van der Waals surface area (Å²) in [7, 11) is -0.617. The van der Waals surface area contributed by atoms with Gasteiger partial charge < -0.3 is 10.6 Å². The Morgan fingerprint density at radius 1 is 1.33 bits per heavy atom. The van der Waals surface area contributed by atoms with Crippen LogP contribution in [0.4, 0.5) is 11.6 Å². The van der Waals surface area contributed by atoms with Crippen molar-refractivity contribution < 1.29 is 4.21 Å². The van der Waals surface area contributed by atoms with E-state index in [0.717, 1.165) is 48.1 Å². The van der Waals surface area contributed by atoms with Gasteiger partial charge in [0.2, 0.25) is 0 Å². The summed E-state index contributed by atoms with van der Waals surface area (Å²) in [5.41, 5.74) is 1.05. The molecule has 0 aromatic carbocycles. The summed E-state index contributed by atoms with van der Waals surface area (Å²) in [5, 5.41) is 6.66. The number of rotatable bonds is 4. The summed E-state index contributed by atoms with van der Waals surface area (Å²) in [6, 6.07) is 0.380. The summed E-state index contributed by atoms with van der Waals surface area (Å²) in [5.74, 6) is 3.36. The maximum absolute atomic E-state index is 11.3. The summed E-state index contributed by atoms with van der Waals surface area (Å²) < 4.78 is 11.3. The lowest BCUT2D eigenvalue weighted by atomic mass is 10.1. The van der Waals surface area contributed by atoms with Crippen LogP contribution in [-0.4, -0.2) is 38.3 Å². The minimum absolute atomic E-state index is 0.380. The molecule has 0 spiro atoms. The highest BCUT2D eigenvalue weighted by molar-refractivity contribution is 7.85. The zero-order valence-electron chi connectivity index (χ0n) is 10.9. The van der Waals surface area contributed by atoms with Crippen molar-refractivity contribution >= 4 is 22.4 Å². The molecule has 2 rings (SSSR count). The molecule has 1 aromatic heterocycles. The Balaban J connectivity index is 2.04. The van der Waals surface area contributed by atoms with Crippen molar-refractivity contribution in [3.05, 3.63) is 11.9 Å². The van der Waals surface area contributed by atoms with Gasteiger partial charge in [-0.3, -0.25) is 4.21 Å². The first-order valence-corrected chi connectivity index (χ1v) is 7.86. The lowest BCUT2D eigenvalue weighted by Crippen LogP contribution is -2.30. The number of nitrogens with zero attached hydrogens (tertiary/aromatic N) is 2. The van der Waals surface area contributed by atoms with E-state index in [2.05, 4.69) is 20.6 Å². The Kier molecular flexibility index (Phi) is 4.52. The smallest absolute Gasteiger partial charge is 0.134 e. The number of anilines is 2. The molecule has 0 aliphatic carbocycles. The molecule has 2 heterocycles. The van der Waals surface area contributed by atoms with Gasteiger partial charge in [0.1, 0.15) is 18.0 Å². The second-order valence-electron chi connectivity index (χ2n) is 4.49. The SMILES string of the molecule is CCNc1ncnc(NC2CCS(=O)CC2)c1C. The molecule has 18 heavy (non-hydrogen) atoms. The molecule has 5 nitrogen and oxygen atoms in total. The van der Waals surface area contributed by atoms with Crippen molar-refractivity contribution in [2.75, 3.05) is 28.7 Å². The summed E-state index contributed by atoms with van der Waals surface area (Å²) in [6.07, 6.45) is 3.48. The lowest BCUT2D eigenvalue weighted by Gasteiger charge is -2.24. The highest BCUT2D eigenvalue weighted by Gasteiger charge is 2.19. The van der Waals surface area contributed by atoms with Gasteiger partial charge in [0.25, 0.3) is 0 Å². The van der Waals surface area contributed by atoms with Gasteiger partial charge in [-0.25, -0.2) is 9.97 Å². The largest absolute Gasteiger partial charge is 0.370 e. The van der Waals surface area contributed by atoms with Crippen molar-refractivity contribution in [1.82, 2.24) is 9.97 Å². The van der Waals surface area contributed by atoms with E-state index < -0.39 is 10.8 Å². The number of hydrogen-bond donors (Lipinski definition) is 2. The molecule has 0 atom stereocenters. The maximum Gasteiger partial charge on any atom is 0.134 e. The highest BCUT2D eigenvalue weighted by Crippen LogP contribution is 2.21. The molecule has 0 bridgehead atoms. The monoisotopic (exact) mass is 268 g/mol. The molecule has 0 saturated carbocycles. The average molecular weight is 268 g/mol. The first-order chi connectivity index (χ1) is 8.70. The molecule has 1 aliphatic rings. The highest BCUT2D eigenvalue weighted by atomic mass is 32.2. The van der Waals surface area contributed by atoms with Gasteiger partial charge in [-0.1, -0.05) is 0 Å². The van der Waals surface area contributed by atoms with Crippen LogP contribution in [-0.2, 0) is 10.8 Å². The quantitative estimate of drug-likeness (QED) is 0.867. The Morgan fingerprint density at radius 3 is 2.67 bits per heavy atom. The second-order valence-corrected chi connectivity index (χ2v) is 6.19. The molecule has 0 amide bonds. The Labute approximate surface area is 110 Å². The van der Waals surface area contributed by atoms with Crippen molar-refractivity contribution in [3.8, 4) is 0 Å². The third-order valence-electron chi connectivity index (χ3n) is 3.16. The van der Waals surface area contributed by atoms with E-state index in [9.17, 15) is 4.21 Å². The Hall–Kier alpha value is -1.17. The topological polar surface area (TPSA) is 66.9 Å². The van der Waals surface area contributed by atoms with Crippen LogP contribution in [0, 0.1) is 6.92 Å². The first kappa shape index (κ1) is 13.3. The molecule has 6 heteroatoms. The van der Waals surface area contributed by atoms with Gasteiger partial charge >= 0.3 is 0 Å². The molecular formula is C12H20N4OS. The van der Waals surface area contributed by atoms with E-state index in [4.69, 9.17) is 0 Å². The average Bonchev–Trinajstić information content (AvgIpc) is 2.37. The minimum atomic E-state index is -0.617. The van der Waals surface area contributed by atoms with E-state index in [-0.39, 0.29) is 0 Å². The molecular weight excluding hydrogens is 248 g/mol. The van der Waals surface area contributed by atoms with Crippen molar-refractivity contribution in [3.63, 3.8) is 0 Å². The lowest BCUT2D eigenvalue weighted by molar-refractivity contribution is 0.622. The van der Waals surface area contributed by atoms with E-state index in [0.29, 0.717) is 6.04 Å². The fourth-order valence-corrected chi connectivity index (χ4v) is 3.37. The van der Waals surface area contributed by atoms with Gasteiger partial charge in [0.15, 0.2) is 0 Å². The number of nitrogens with one attached hydrogen (secondary N) is 2. The number of hydrogen-bond acceptors (Lipinski definition) is 5. The Morgan fingerprint density at radius 2 is 2.00 bits per heavy atom. The minimum Gasteiger partial charge on any atom is -0.370 e. The second kappa shape index (κ2) is 6.13. The van der Waals surface area contributed by atoms with Gasteiger partial charge in [-0.2, -0.15) is 0 Å². The van der Waals surface area contributed by atoms with Crippen LogP contribution in [0.5, 0.6) is 0 Å². The predicted octanol–water partition coefficient (Wildman–Crippen LogP) is 1.54. The van der Waals surface area contributed by atoms with Crippen LogP contribution in [0.15, 0.2) is 6.33 Å². The third-order valence-corrected chi connectivity index (χ3v) is 4.54. The van der Waals surface area contributed by atoms with Gasteiger partial charge in [0.05, 0.1) is 0 Å². The molecule has 1 saturated heterocycles. The molecule has 0 unspecified atom stereocenters. The van der Waals surface area contributed by atoms with Crippen LogP contribution >= 0.6 is 0 Å². The molecule has 1 aromatic rings. The van der Waals surface area contributed by atoms with Crippen LogP contribution in [0.3, 0.4) is 0 Å². The first-order valence-electron chi connectivity index (χ1n) is 6.37. The molecule has 1 fully saturated rings.